The maximum Gasteiger partial charge on any atom is 0.276 e. The van der Waals surface area contributed by atoms with Gasteiger partial charge in [0.1, 0.15) is 11.4 Å². The van der Waals surface area contributed by atoms with Crippen LogP contribution in [-0.2, 0) is 11.3 Å². The van der Waals surface area contributed by atoms with Crippen molar-refractivity contribution in [3.63, 3.8) is 0 Å². The standard InChI is InChI=1S/C13H17ClN4OS/c1-4-17-7-9(14)10(16-17)5-11-12(19)18(6-8(2)3)13(20)15-11/h5,7-8H,4,6H2,1-3H3,(H,15,20)/b11-5+. The Balaban J connectivity index is 2.25. The molecule has 1 fully saturated rings. The van der Waals surface area contributed by atoms with E-state index in [1.807, 2.05) is 20.8 Å². The maximum absolute atomic E-state index is 12.3. The van der Waals surface area contributed by atoms with Crippen LogP contribution >= 0.6 is 23.8 Å². The summed E-state index contributed by atoms with van der Waals surface area (Å²) in [6.07, 6.45) is 3.38. The van der Waals surface area contributed by atoms with Crippen molar-refractivity contribution in [2.45, 2.75) is 27.3 Å². The molecule has 0 bridgehead atoms. The highest BCUT2D eigenvalue weighted by atomic mass is 35.5. The first kappa shape index (κ1) is 15.0. The lowest BCUT2D eigenvalue weighted by Gasteiger charge is -2.15. The van der Waals surface area contributed by atoms with Gasteiger partial charge in [0.05, 0.1) is 5.02 Å². The zero-order valence-electron chi connectivity index (χ0n) is 11.7. The third-order valence-electron chi connectivity index (χ3n) is 2.86. The molecule has 1 aliphatic rings. The number of nitrogens with zero attached hydrogens (tertiary/aromatic N) is 3. The van der Waals surface area contributed by atoms with Crippen molar-refractivity contribution in [1.82, 2.24) is 20.0 Å². The van der Waals surface area contributed by atoms with E-state index in [1.165, 1.54) is 0 Å². The van der Waals surface area contributed by atoms with Gasteiger partial charge in [0, 0.05) is 19.3 Å². The molecule has 2 rings (SSSR count). The molecule has 1 saturated heterocycles. The van der Waals surface area contributed by atoms with E-state index in [9.17, 15) is 4.79 Å². The van der Waals surface area contributed by atoms with Crippen molar-refractivity contribution >= 4 is 40.9 Å². The molecule has 0 atom stereocenters. The number of thiocarbonyl (C=S) groups is 1. The van der Waals surface area contributed by atoms with Crippen LogP contribution < -0.4 is 5.32 Å². The summed E-state index contributed by atoms with van der Waals surface area (Å²) >= 11 is 11.3. The number of amides is 1. The van der Waals surface area contributed by atoms with Crippen LogP contribution in [0.4, 0.5) is 0 Å². The SMILES string of the molecule is CCn1cc(Cl)c(/C=C2/NC(=S)N(CC(C)C)C2=O)n1. The van der Waals surface area contributed by atoms with Crippen LogP contribution in [0, 0.1) is 5.92 Å². The minimum Gasteiger partial charge on any atom is -0.328 e. The first-order chi connectivity index (χ1) is 9.42. The van der Waals surface area contributed by atoms with E-state index in [-0.39, 0.29) is 5.91 Å². The van der Waals surface area contributed by atoms with E-state index in [1.54, 1.807) is 21.9 Å². The molecule has 0 radical (unpaired) electrons. The lowest BCUT2D eigenvalue weighted by atomic mass is 10.2. The molecule has 0 spiro atoms. The first-order valence-electron chi connectivity index (χ1n) is 6.49. The summed E-state index contributed by atoms with van der Waals surface area (Å²) in [6.45, 7) is 7.37. The summed E-state index contributed by atoms with van der Waals surface area (Å²) in [4.78, 5) is 13.8. The topological polar surface area (TPSA) is 50.2 Å². The maximum atomic E-state index is 12.3. The van der Waals surface area contributed by atoms with Crippen LogP contribution in [0.2, 0.25) is 5.02 Å². The number of hydrogen-bond donors (Lipinski definition) is 1. The van der Waals surface area contributed by atoms with Gasteiger partial charge in [-0.1, -0.05) is 25.4 Å². The highest BCUT2D eigenvalue weighted by molar-refractivity contribution is 7.80. The molecular formula is C13H17ClN4OS. The number of aryl methyl sites for hydroxylation is 1. The molecule has 1 aromatic rings. The van der Waals surface area contributed by atoms with Crippen molar-refractivity contribution in [2.75, 3.05) is 6.54 Å². The van der Waals surface area contributed by atoms with Crippen LogP contribution in [0.25, 0.3) is 6.08 Å². The van der Waals surface area contributed by atoms with E-state index in [0.29, 0.717) is 34.0 Å². The second kappa shape index (κ2) is 5.93. The van der Waals surface area contributed by atoms with E-state index in [2.05, 4.69) is 10.4 Å². The molecule has 108 valence electrons. The lowest BCUT2D eigenvalue weighted by molar-refractivity contribution is -0.122. The Morgan fingerprint density at radius 3 is 2.80 bits per heavy atom. The van der Waals surface area contributed by atoms with Crippen molar-refractivity contribution in [2.24, 2.45) is 5.92 Å². The number of halogens is 1. The van der Waals surface area contributed by atoms with E-state index in [4.69, 9.17) is 23.8 Å². The second-order valence-electron chi connectivity index (χ2n) is 5.02. The van der Waals surface area contributed by atoms with Crippen molar-refractivity contribution in [3.05, 3.63) is 22.6 Å². The van der Waals surface area contributed by atoms with Crippen molar-refractivity contribution in [3.8, 4) is 0 Å². The van der Waals surface area contributed by atoms with Crippen molar-refractivity contribution < 1.29 is 4.79 Å². The van der Waals surface area contributed by atoms with Gasteiger partial charge in [0.2, 0.25) is 0 Å². The number of nitrogens with one attached hydrogen (secondary N) is 1. The molecule has 0 aliphatic carbocycles. The monoisotopic (exact) mass is 312 g/mol. The fourth-order valence-corrected chi connectivity index (χ4v) is 2.38. The summed E-state index contributed by atoms with van der Waals surface area (Å²) in [7, 11) is 0. The lowest BCUT2D eigenvalue weighted by Crippen LogP contribution is -2.33. The van der Waals surface area contributed by atoms with Crippen molar-refractivity contribution in [1.29, 1.82) is 0 Å². The Labute approximate surface area is 128 Å². The number of carbonyl (C=O) groups is 1. The molecule has 1 N–H and O–H groups in total. The number of rotatable bonds is 4. The zero-order valence-corrected chi connectivity index (χ0v) is 13.3. The first-order valence-corrected chi connectivity index (χ1v) is 7.28. The Hall–Kier alpha value is -1.40. The minimum atomic E-state index is -0.134. The minimum absolute atomic E-state index is 0.134. The molecular weight excluding hydrogens is 296 g/mol. The predicted octanol–water partition coefficient (Wildman–Crippen LogP) is 2.27. The third kappa shape index (κ3) is 3.02. The molecule has 5 nitrogen and oxygen atoms in total. The number of carbonyl (C=O) groups excluding carboxylic acids is 1. The van der Waals surface area contributed by atoms with Crippen LogP contribution in [0.1, 0.15) is 26.5 Å². The van der Waals surface area contributed by atoms with Gasteiger partial charge in [-0.2, -0.15) is 5.10 Å². The zero-order chi connectivity index (χ0) is 14.9. The Morgan fingerprint density at radius 2 is 2.25 bits per heavy atom. The van der Waals surface area contributed by atoms with Crippen LogP contribution in [-0.4, -0.2) is 32.2 Å². The summed E-state index contributed by atoms with van der Waals surface area (Å²) < 4.78 is 1.72. The molecule has 1 aromatic heterocycles. The van der Waals surface area contributed by atoms with Gasteiger partial charge in [0.15, 0.2) is 5.11 Å². The van der Waals surface area contributed by atoms with Gasteiger partial charge in [0.25, 0.3) is 5.91 Å². The Kier molecular flexibility index (Phi) is 4.45. The molecule has 0 aromatic carbocycles. The van der Waals surface area contributed by atoms with Gasteiger partial charge >= 0.3 is 0 Å². The number of hydrogen-bond acceptors (Lipinski definition) is 3. The smallest absolute Gasteiger partial charge is 0.276 e. The van der Waals surface area contributed by atoms with E-state index in [0.717, 1.165) is 6.54 Å². The fourth-order valence-electron chi connectivity index (χ4n) is 1.91. The molecule has 20 heavy (non-hydrogen) atoms. The van der Waals surface area contributed by atoms with Crippen LogP contribution in [0.15, 0.2) is 11.9 Å². The van der Waals surface area contributed by atoms with Gasteiger partial charge in [-0.05, 0) is 31.1 Å². The molecule has 1 aliphatic heterocycles. The molecule has 1 amide bonds. The Bertz CT molecular complexity index is 579. The molecule has 7 heteroatoms. The highest BCUT2D eigenvalue weighted by Gasteiger charge is 2.31. The van der Waals surface area contributed by atoms with Gasteiger partial charge in [-0.15, -0.1) is 0 Å². The summed E-state index contributed by atoms with van der Waals surface area (Å²) in [5.41, 5.74) is 0.984. The summed E-state index contributed by atoms with van der Waals surface area (Å²) in [6, 6.07) is 0. The summed E-state index contributed by atoms with van der Waals surface area (Å²) in [5.74, 6) is 0.215. The van der Waals surface area contributed by atoms with Gasteiger partial charge < -0.3 is 5.32 Å². The normalized spacial score (nSPS) is 17.4. The Morgan fingerprint density at radius 1 is 1.55 bits per heavy atom. The van der Waals surface area contributed by atoms with Crippen LogP contribution in [0.3, 0.4) is 0 Å². The fraction of sp³-hybridized carbons (Fsp3) is 0.462. The van der Waals surface area contributed by atoms with Gasteiger partial charge in [-0.3, -0.25) is 14.4 Å². The van der Waals surface area contributed by atoms with Crippen LogP contribution in [0.5, 0.6) is 0 Å². The quantitative estimate of drug-likeness (QED) is 0.684. The predicted molar refractivity (Wildman–Crippen MR) is 83.2 cm³/mol. The molecule has 2 heterocycles. The second-order valence-corrected chi connectivity index (χ2v) is 5.81. The number of aromatic nitrogens is 2. The third-order valence-corrected chi connectivity index (χ3v) is 3.47. The average Bonchev–Trinajstić information content (AvgIpc) is 2.85. The van der Waals surface area contributed by atoms with E-state index < -0.39 is 0 Å². The molecule has 0 saturated carbocycles. The van der Waals surface area contributed by atoms with E-state index >= 15 is 0 Å². The average molecular weight is 313 g/mol. The van der Waals surface area contributed by atoms with Gasteiger partial charge in [-0.25, -0.2) is 0 Å². The molecule has 0 unspecified atom stereocenters. The largest absolute Gasteiger partial charge is 0.328 e. The highest BCUT2D eigenvalue weighted by Crippen LogP contribution is 2.20. The summed E-state index contributed by atoms with van der Waals surface area (Å²) in [5, 5.41) is 8.16.